The van der Waals surface area contributed by atoms with Crippen molar-refractivity contribution in [2.45, 2.75) is 31.4 Å². The lowest BCUT2D eigenvalue weighted by molar-refractivity contribution is 0.00664. The highest BCUT2D eigenvalue weighted by Crippen LogP contribution is 2.38. The van der Waals surface area contributed by atoms with Gasteiger partial charge in [0, 0.05) is 31.5 Å². The van der Waals surface area contributed by atoms with Crippen LogP contribution in [0, 0.1) is 0 Å². The van der Waals surface area contributed by atoms with Crippen LogP contribution in [-0.4, -0.2) is 35.8 Å². The van der Waals surface area contributed by atoms with Gasteiger partial charge in [0.25, 0.3) is 0 Å². The molecule has 0 spiro atoms. The smallest absolute Gasteiger partial charge is 0.121 e. The molecule has 0 bridgehead atoms. The second kappa shape index (κ2) is 5.62. The lowest BCUT2D eigenvalue weighted by atomic mass is 9.88. The van der Waals surface area contributed by atoms with Crippen molar-refractivity contribution < 1.29 is 9.47 Å². The van der Waals surface area contributed by atoms with Crippen LogP contribution in [0.25, 0.3) is 11.0 Å². The van der Waals surface area contributed by atoms with Crippen molar-refractivity contribution in [3.63, 3.8) is 0 Å². The summed E-state index contributed by atoms with van der Waals surface area (Å²) in [4.78, 5) is 4.72. The molecule has 0 unspecified atom stereocenters. The lowest BCUT2D eigenvalue weighted by Gasteiger charge is -2.36. The van der Waals surface area contributed by atoms with Crippen molar-refractivity contribution in [2.75, 3.05) is 20.1 Å². The van der Waals surface area contributed by atoms with Crippen molar-refractivity contribution in [1.82, 2.24) is 9.55 Å². The average Bonchev–Trinajstić information content (AvgIpc) is 2.75. The molecular weight excluding hydrogens is 276 g/mol. The second-order valence-electron chi connectivity index (χ2n) is 5.17. The van der Waals surface area contributed by atoms with Crippen LogP contribution in [0.1, 0.15) is 24.7 Å². The second-order valence-corrected chi connectivity index (χ2v) is 5.55. The zero-order valence-electron chi connectivity index (χ0n) is 11.8. The number of alkyl halides is 1. The first-order valence-corrected chi connectivity index (χ1v) is 7.44. The number of ether oxygens (including phenoxy) is 2. The third-order valence-corrected chi connectivity index (χ3v) is 4.25. The van der Waals surface area contributed by atoms with Crippen LogP contribution in [0.15, 0.2) is 18.2 Å². The number of halogens is 1. The van der Waals surface area contributed by atoms with Gasteiger partial charge in [0.05, 0.1) is 24.2 Å². The number of imidazole rings is 1. The van der Waals surface area contributed by atoms with Gasteiger partial charge in [0.2, 0.25) is 0 Å². The normalized spacial score (nSPS) is 21.9. The minimum atomic E-state index is 0.375. The largest absolute Gasteiger partial charge is 0.497 e. The van der Waals surface area contributed by atoms with Gasteiger partial charge in [-0.15, -0.1) is 11.6 Å². The van der Waals surface area contributed by atoms with Crippen molar-refractivity contribution in [1.29, 1.82) is 0 Å². The van der Waals surface area contributed by atoms with Crippen molar-refractivity contribution in [3.8, 4) is 5.75 Å². The zero-order chi connectivity index (χ0) is 14.1. The molecule has 1 aliphatic carbocycles. The number of nitrogens with zero attached hydrogens (tertiary/aromatic N) is 2. The summed E-state index contributed by atoms with van der Waals surface area (Å²) in [6.07, 6.45) is 3.25. The Bertz CT molecular complexity index is 605. The van der Waals surface area contributed by atoms with Crippen molar-refractivity contribution in [2.24, 2.45) is 0 Å². The van der Waals surface area contributed by atoms with E-state index in [1.165, 1.54) is 0 Å². The molecule has 108 valence electrons. The van der Waals surface area contributed by atoms with Crippen LogP contribution in [0.4, 0.5) is 0 Å². The Morgan fingerprint density at radius 2 is 2.15 bits per heavy atom. The summed E-state index contributed by atoms with van der Waals surface area (Å²) >= 11 is 5.91. The highest BCUT2D eigenvalue weighted by Gasteiger charge is 2.32. The summed E-state index contributed by atoms with van der Waals surface area (Å²) in [6, 6.07) is 6.52. The van der Waals surface area contributed by atoms with E-state index in [4.69, 9.17) is 26.1 Å². The van der Waals surface area contributed by atoms with Crippen LogP contribution in [-0.2, 0) is 11.2 Å². The van der Waals surface area contributed by atoms with E-state index in [9.17, 15) is 0 Å². The third-order valence-electron chi connectivity index (χ3n) is 4.06. The summed E-state index contributed by atoms with van der Waals surface area (Å²) in [5.41, 5.74) is 2.14. The number of benzene rings is 1. The number of hydrogen-bond donors (Lipinski definition) is 0. The fraction of sp³-hybridized carbons (Fsp3) is 0.533. The molecule has 1 aromatic heterocycles. The number of aryl methyl sites for hydroxylation is 1. The molecule has 4 nitrogen and oxygen atoms in total. The van der Waals surface area contributed by atoms with Crippen LogP contribution in [0.3, 0.4) is 0 Å². The quantitative estimate of drug-likeness (QED) is 0.795. The predicted octanol–water partition coefficient (Wildman–Crippen LogP) is 3.18. The van der Waals surface area contributed by atoms with E-state index >= 15 is 0 Å². The summed E-state index contributed by atoms with van der Waals surface area (Å²) in [5, 5.41) is 0. The first-order chi connectivity index (χ1) is 9.76. The highest BCUT2D eigenvalue weighted by molar-refractivity contribution is 6.17. The highest BCUT2D eigenvalue weighted by atomic mass is 35.5. The summed E-state index contributed by atoms with van der Waals surface area (Å²) < 4.78 is 13.0. The number of fused-ring (bicyclic) bond motifs is 1. The number of aromatic nitrogens is 2. The summed E-state index contributed by atoms with van der Waals surface area (Å²) in [7, 11) is 3.45. The van der Waals surface area contributed by atoms with E-state index in [1.807, 2.05) is 12.1 Å². The SMILES string of the molecule is COc1ccc2c(c1)nc(CCCl)n2C1CC(OC)C1. The van der Waals surface area contributed by atoms with Gasteiger partial charge in [-0.25, -0.2) is 4.98 Å². The monoisotopic (exact) mass is 294 g/mol. The standard InChI is InChI=1S/C15H19ClN2O2/c1-19-11-3-4-14-13(9-11)17-15(5-6-16)18(14)10-7-12(8-10)20-2/h3-4,9-10,12H,5-8H2,1-2H3. The van der Waals surface area contributed by atoms with Gasteiger partial charge in [-0.2, -0.15) is 0 Å². The van der Waals surface area contributed by atoms with Gasteiger partial charge >= 0.3 is 0 Å². The Labute approximate surface area is 123 Å². The minimum absolute atomic E-state index is 0.375. The van der Waals surface area contributed by atoms with Gasteiger partial charge in [-0.1, -0.05) is 0 Å². The molecule has 5 heteroatoms. The van der Waals surface area contributed by atoms with Crippen molar-refractivity contribution >= 4 is 22.6 Å². The van der Waals surface area contributed by atoms with Gasteiger partial charge in [0.1, 0.15) is 11.6 Å². The average molecular weight is 295 g/mol. The summed E-state index contributed by atoms with van der Waals surface area (Å²) in [6.45, 7) is 0. The maximum atomic E-state index is 5.91. The topological polar surface area (TPSA) is 36.3 Å². The zero-order valence-corrected chi connectivity index (χ0v) is 12.6. The van der Waals surface area contributed by atoms with E-state index in [0.717, 1.165) is 41.9 Å². The Hall–Kier alpha value is -1.26. The molecule has 1 aliphatic rings. The molecule has 0 aliphatic heterocycles. The van der Waals surface area contributed by atoms with E-state index in [2.05, 4.69) is 10.6 Å². The molecule has 0 radical (unpaired) electrons. The first-order valence-electron chi connectivity index (χ1n) is 6.90. The Morgan fingerprint density at radius 3 is 2.80 bits per heavy atom. The molecule has 0 amide bonds. The number of rotatable bonds is 5. The van der Waals surface area contributed by atoms with E-state index in [1.54, 1.807) is 14.2 Å². The molecular formula is C15H19ClN2O2. The molecule has 1 heterocycles. The van der Waals surface area contributed by atoms with E-state index < -0.39 is 0 Å². The molecule has 0 saturated heterocycles. The fourth-order valence-electron chi connectivity index (χ4n) is 2.86. The van der Waals surface area contributed by atoms with Crippen LogP contribution in [0.5, 0.6) is 5.75 Å². The maximum Gasteiger partial charge on any atom is 0.121 e. The molecule has 0 N–H and O–H groups in total. The lowest BCUT2D eigenvalue weighted by Crippen LogP contribution is -2.33. The van der Waals surface area contributed by atoms with Gasteiger partial charge in [-0.3, -0.25) is 0 Å². The fourth-order valence-corrected chi connectivity index (χ4v) is 3.03. The number of methoxy groups -OCH3 is 2. The van der Waals surface area contributed by atoms with Crippen LogP contribution in [0.2, 0.25) is 0 Å². The van der Waals surface area contributed by atoms with Gasteiger partial charge < -0.3 is 14.0 Å². The van der Waals surface area contributed by atoms with Crippen LogP contribution >= 0.6 is 11.6 Å². The van der Waals surface area contributed by atoms with E-state index in [-0.39, 0.29) is 0 Å². The molecule has 3 rings (SSSR count). The first kappa shape index (κ1) is 13.7. The molecule has 2 aromatic rings. The molecule has 20 heavy (non-hydrogen) atoms. The molecule has 1 fully saturated rings. The van der Waals surface area contributed by atoms with Gasteiger partial charge in [0.15, 0.2) is 0 Å². The van der Waals surface area contributed by atoms with Gasteiger partial charge in [-0.05, 0) is 25.0 Å². The Kier molecular flexibility index (Phi) is 3.85. The van der Waals surface area contributed by atoms with Crippen molar-refractivity contribution in [3.05, 3.63) is 24.0 Å². The van der Waals surface area contributed by atoms with Crippen LogP contribution < -0.4 is 4.74 Å². The Balaban J connectivity index is 2.01. The molecule has 1 saturated carbocycles. The maximum absolute atomic E-state index is 5.91. The van der Waals surface area contributed by atoms with E-state index in [0.29, 0.717) is 18.0 Å². The predicted molar refractivity (Wildman–Crippen MR) is 79.8 cm³/mol. The third kappa shape index (κ3) is 2.27. The Morgan fingerprint density at radius 1 is 1.35 bits per heavy atom. The summed E-state index contributed by atoms with van der Waals surface area (Å²) in [5.74, 6) is 2.48. The molecule has 0 atom stereocenters. The minimum Gasteiger partial charge on any atom is -0.497 e. The number of hydrogen-bond acceptors (Lipinski definition) is 3. The molecule has 1 aromatic carbocycles.